The van der Waals surface area contributed by atoms with E-state index in [4.69, 9.17) is 0 Å². The number of hydrogen-bond donors (Lipinski definition) is 2. The number of fused-ring (bicyclic) bond motifs is 1. The van der Waals surface area contributed by atoms with Crippen molar-refractivity contribution in [3.05, 3.63) is 61.1 Å². The van der Waals surface area contributed by atoms with Gasteiger partial charge >= 0.3 is 0 Å². The Kier molecular flexibility index (Phi) is 4.61. The Balaban J connectivity index is 1.83. The molecule has 0 saturated heterocycles. The molecule has 0 radical (unpaired) electrons. The molecule has 0 fully saturated rings. The monoisotopic (exact) mass is 456 g/mol. The quantitative estimate of drug-likeness (QED) is 0.672. The van der Waals surface area contributed by atoms with Crippen LogP contribution in [0.25, 0.3) is 0 Å². The van der Waals surface area contributed by atoms with Gasteiger partial charge < -0.3 is 10.6 Å². The highest BCUT2D eigenvalue weighted by atomic mass is 127. The third-order valence-corrected chi connectivity index (χ3v) is 4.96. The molecule has 1 amide bonds. The van der Waals surface area contributed by atoms with Gasteiger partial charge in [0.15, 0.2) is 0 Å². The number of hydrogen-bond acceptors (Lipinski definition) is 2. The van der Waals surface area contributed by atoms with E-state index in [1.54, 1.807) is 0 Å². The first-order valence-electron chi connectivity index (χ1n) is 6.72. The number of benzene rings is 2. The van der Waals surface area contributed by atoms with Crippen LogP contribution in [0.5, 0.6) is 0 Å². The molecule has 2 N–H and O–H groups in total. The molecule has 2 aromatic rings. The van der Waals surface area contributed by atoms with Gasteiger partial charge in [-0.2, -0.15) is 0 Å². The maximum atomic E-state index is 12.4. The summed E-state index contributed by atoms with van der Waals surface area (Å²) in [6, 6.07) is 11.9. The van der Waals surface area contributed by atoms with Crippen molar-refractivity contribution in [2.45, 2.75) is 13.0 Å². The van der Waals surface area contributed by atoms with Gasteiger partial charge in [-0.1, -0.05) is 22.0 Å². The SMILES string of the molecule is O=C(Nc1ccc2c(c1)CNCC2)c1cc(Br)ccc1I. The average molecular weight is 457 g/mol. The fourth-order valence-electron chi connectivity index (χ4n) is 2.43. The number of nitrogens with one attached hydrogen (secondary N) is 2. The van der Waals surface area contributed by atoms with Crippen molar-refractivity contribution in [2.24, 2.45) is 0 Å². The van der Waals surface area contributed by atoms with E-state index in [1.807, 2.05) is 24.3 Å². The van der Waals surface area contributed by atoms with Crippen LogP contribution in [-0.4, -0.2) is 12.5 Å². The zero-order chi connectivity index (χ0) is 14.8. The number of anilines is 1. The Hall–Kier alpha value is -0.920. The third-order valence-electron chi connectivity index (χ3n) is 3.52. The lowest BCUT2D eigenvalue weighted by Gasteiger charge is -2.18. The highest BCUT2D eigenvalue weighted by Crippen LogP contribution is 2.22. The summed E-state index contributed by atoms with van der Waals surface area (Å²) in [4.78, 5) is 12.4. The van der Waals surface area contributed by atoms with Crippen molar-refractivity contribution in [3.63, 3.8) is 0 Å². The van der Waals surface area contributed by atoms with Crippen LogP contribution in [0.1, 0.15) is 21.5 Å². The van der Waals surface area contributed by atoms with Crippen LogP contribution in [0.3, 0.4) is 0 Å². The number of carbonyl (C=O) groups excluding carboxylic acids is 1. The van der Waals surface area contributed by atoms with E-state index in [1.165, 1.54) is 11.1 Å². The van der Waals surface area contributed by atoms with Gasteiger partial charge in [-0.25, -0.2) is 0 Å². The zero-order valence-corrected chi connectivity index (χ0v) is 15.0. The molecule has 1 heterocycles. The van der Waals surface area contributed by atoms with E-state index in [0.717, 1.165) is 33.2 Å². The Morgan fingerprint density at radius 3 is 2.90 bits per heavy atom. The molecule has 3 nitrogen and oxygen atoms in total. The minimum absolute atomic E-state index is 0.0792. The molecule has 108 valence electrons. The smallest absolute Gasteiger partial charge is 0.256 e. The van der Waals surface area contributed by atoms with Crippen LogP contribution in [0, 0.1) is 3.57 Å². The van der Waals surface area contributed by atoms with E-state index < -0.39 is 0 Å². The molecule has 1 aliphatic heterocycles. The van der Waals surface area contributed by atoms with Crippen molar-refractivity contribution in [1.82, 2.24) is 5.32 Å². The Morgan fingerprint density at radius 2 is 2.05 bits per heavy atom. The molecule has 0 aromatic heterocycles. The number of rotatable bonds is 2. The average Bonchev–Trinajstić information content (AvgIpc) is 2.49. The maximum absolute atomic E-state index is 12.4. The van der Waals surface area contributed by atoms with E-state index in [9.17, 15) is 4.79 Å². The molecule has 21 heavy (non-hydrogen) atoms. The molecule has 2 aromatic carbocycles. The van der Waals surface area contributed by atoms with E-state index >= 15 is 0 Å². The van der Waals surface area contributed by atoms with Gasteiger partial charge in [0.25, 0.3) is 5.91 Å². The Morgan fingerprint density at radius 1 is 1.19 bits per heavy atom. The van der Waals surface area contributed by atoms with Gasteiger partial charge in [0, 0.05) is 20.3 Å². The Labute approximate surface area is 145 Å². The highest BCUT2D eigenvalue weighted by Gasteiger charge is 2.13. The second-order valence-electron chi connectivity index (χ2n) is 4.99. The fourth-order valence-corrected chi connectivity index (χ4v) is 3.37. The van der Waals surface area contributed by atoms with Gasteiger partial charge in [-0.05, 0) is 77.0 Å². The summed E-state index contributed by atoms with van der Waals surface area (Å²) in [6.07, 6.45) is 1.05. The Bertz CT molecular complexity index is 703. The summed E-state index contributed by atoms with van der Waals surface area (Å²) in [5, 5.41) is 6.33. The third kappa shape index (κ3) is 3.46. The van der Waals surface area contributed by atoms with Crippen molar-refractivity contribution >= 4 is 50.1 Å². The highest BCUT2D eigenvalue weighted by molar-refractivity contribution is 14.1. The van der Waals surface area contributed by atoms with Gasteiger partial charge in [-0.3, -0.25) is 4.79 Å². The van der Waals surface area contributed by atoms with Crippen LogP contribution in [0.2, 0.25) is 0 Å². The first-order chi connectivity index (χ1) is 10.1. The summed E-state index contributed by atoms with van der Waals surface area (Å²) in [5.41, 5.74) is 4.16. The van der Waals surface area contributed by atoms with E-state index in [-0.39, 0.29) is 5.91 Å². The topological polar surface area (TPSA) is 41.1 Å². The molecule has 0 spiro atoms. The number of amides is 1. The van der Waals surface area contributed by atoms with Crippen molar-refractivity contribution in [1.29, 1.82) is 0 Å². The molecule has 0 saturated carbocycles. The summed E-state index contributed by atoms with van der Waals surface area (Å²) >= 11 is 5.59. The molecular weight excluding hydrogens is 443 g/mol. The summed E-state index contributed by atoms with van der Waals surface area (Å²) in [6.45, 7) is 1.89. The zero-order valence-electron chi connectivity index (χ0n) is 11.2. The minimum atomic E-state index is -0.0792. The van der Waals surface area contributed by atoms with Gasteiger partial charge in [0.2, 0.25) is 0 Å². The van der Waals surface area contributed by atoms with Crippen LogP contribution in [-0.2, 0) is 13.0 Å². The standard InChI is InChI=1S/C16H14BrIN2O/c17-12-2-4-15(18)14(8-12)16(21)20-13-3-1-10-5-6-19-9-11(10)7-13/h1-4,7-8,19H,5-6,9H2,(H,20,21). The summed E-state index contributed by atoms with van der Waals surface area (Å²) < 4.78 is 1.84. The normalized spacial score (nSPS) is 13.6. The number of halogens is 2. The lowest BCUT2D eigenvalue weighted by Crippen LogP contribution is -2.23. The van der Waals surface area contributed by atoms with Crippen molar-refractivity contribution < 1.29 is 4.79 Å². The van der Waals surface area contributed by atoms with Crippen molar-refractivity contribution in [3.8, 4) is 0 Å². The van der Waals surface area contributed by atoms with Gasteiger partial charge in [0.05, 0.1) is 5.56 Å². The lowest BCUT2D eigenvalue weighted by molar-refractivity contribution is 0.102. The largest absolute Gasteiger partial charge is 0.322 e. The maximum Gasteiger partial charge on any atom is 0.256 e. The molecule has 0 unspecified atom stereocenters. The number of carbonyl (C=O) groups is 1. The van der Waals surface area contributed by atoms with Crippen molar-refractivity contribution in [2.75, 3.05) is 11.9 Å². The minimum Gasteiger partial charge on any atom is -0.322 e. The predicted octanol–water partition coefficient (Wildman–Crippen LogP) is 3.95. The first-order valence-corrected chi connectivity index (χ1v) is 8.59. The fraction of sp³-hybridized carbons (Fsp3) is 0.188. The van der Waals surface area contributed by atoms with Gasteiger partial charge in [0.1, 0.15) is 0 Å². The van der Waals surface area contributed by atoms with Crippen LogP contribution < -0.4 is 10.6 Å². The second kappa shape index (κ2) is 6.46. The van der Waals surface area contributed by atoms with Gasteiger partial charge in [-0.15, -0.1) is 0 Å². The molecule has 5 heteroatoms. The van der Waals surface area contributed by atoms with Crippen LogP contribution in [0.15, 0.2) is 40.9 Å². The molecule has 0 bridgehead atoms. The lowest BCUT2D eigenvalue weighted by atomic mass is 10.0. The first kappa shape index (κ1) is 15.0. The predicted molar refractivity (Wildman–Crippen MR) is 96.7 cm³/mol. The van der Waals surface area contributed by atoms with Crippen LogP contribution >= 0.6 is 38.5 Å². The molecule has 0 aliphatic carbocycles. The van der Waals surface area contributed by atoms with E-state index in [0.29, 0.717) is 5.56 Å². The van der Waals surface area contributed by atoms with E-state index in [2.05, 4.69) is 61.3 Å². The summed E-state index contributed by atoms with van der Waals surface area (Å²) in [5.74, 6) is -0.0792. The molecule has 3 rings (SSSR count). The summed E-state index contributed by atoms with van der Waals surface area (Å²) in [7, 11) is 0. The second-order valence-corrected chi connectivity index (χ2v) is 7.07. The molecule has 1 aliphatic rings. The molecule has 0 atom stereocenters. The molecular formula is C16H14BrIN2O. The van der Waals surface area contributed by atoms with Crippen LogP contribution in [0.4, 0.5) is 5.69 Å².